The average Bonchev–Trinajstić information content (AvgIpc) is 2.65. The number of aryl methyl sites for hydroxylation is 1. The standard InChI is InChI=1S/C24H23ClN2O/c1-17-14-20(10-13-26-17)19-8-6-18(7-9-19)15-21(28)16-24(11-3-12-24)22-4-2-5-23(25)27-22/h2,4-10,13-14H,3,11-12,15-16H2,1H3. The predicted molar refractivity (Wildman–Crippen MR) is 113 cm³/mol. The van der Waals surface area contributed by atoms with E-state index in [1.54, 1.807) is 6.07 Å². The van der Waals surface area contributed by atoms with Gasteiger partial charge in [-0.3, -0.25) is 9.78 Å². The summed E-state index contributed by atoms with van der Waals surface area (Å²) in [5.41, 5.74) is 5.16. The number of Topliss-reactive ketones (excluding diaryl/α,β-unsaturated/α-hetero) is 1. The number of ketones is 1. The third kappa shape index (κ3) is 4.00. The number of hydrogen-bond acceptors (Lipinski definition) is 3. The molecule has 3 aromatic rings. The van der Waals surface area contributed by atoms with Crippen molar-refractivity contribution < 1.29 is 4.79 Å². The second-order valence-corrected chi connectivity index (χ2v) is 8.14. The van der Waals surface area contributed by atoms with E-state index in [1.807, 2.05) is 43.5 Å². The lowest BCUT2D eigenvalue weighted by molar-refractivity contribution is -0.120. The van der Waals surface area contributed by atoms with Gasteiger partial charge in [-0.15, -0.1) is 0 Å². The zero-order chi connectivity index (χ0) is 19.6. The minimum absolute atomic E-state index is 0.128. The number of hydrogen-bond donors (Lipinski definition) is 0. The first-order valence-corrected chi connectivity index (χ1v) is 10.1. The van der Waals surface area contributed by atoms with E-state index in [-0.39, 0.29) is 11.2 Å². The first-order chi connectivity index (χ1) is 13.5. The van der Waals surface area contributed by atoms with Crippen molar-refractivity contribution in [1.29, 1.82) is 0 Å². The summed E-state index contributed by atoms with van der Waals surface area (Å²) in [4.78, 5) is 21.5. The molecule has 1 aliphatic rings. The maximum Gasteiger partial charge on any atom is 0.138 e. The Morgan fingerprint density at radius 1 is 1.07 bits per heavy atom. The molecular weight excluding hydrogens is 368 g/mol. The number of nitrogens with zero attached hydrogens (tertiary/aromatic N) is 2. The molecule has 4 heteroatoms. The van der Waals surface area contributed by atoms with Crippen molar-refractivity contribution in [3.63, 3.8) is 0 Å². The van der Waals surface area contributed by atoms with Crippen LogP contribution < -0.4 is 0 Å². The Morgan fingerprint density at radius 3 is 2.50 bits per heavy atom. The summed E-state index contributed by atoms with van der Waals surface area (Å²) in [5, 5.41) is 0.498. The molecule has 0 radical (unpaired) electrons. The van der Waals surface area contributed by atoms with Gasteiger partial charge in [0.15, 0.2) is 0 Å². The smallest absolute Gasteiger partial charge is 0.138 e. The van der Waals surface area contributed by atoms with Gasteiger partial charge in [0.2, 0.25) is 0 Å². The van der Waals surface area contributed by atoms with E-state index in [2.05, 4.69) is 28.2 Å². The molecule has 0 bridgehead atoms. The van der Waals surface area contributed by atoms with Crippen LogP contribution in [-0.2, 0) is 16.6 Å². The van der Waals surface area contributed by atoms with E-state index >= 15 is 0 Å². The maximum absolute atomic E-state index is 12.8. The van der Waals surface area contributed by atoms with Crippen LogP contribution >= 0.6 is 11.6 Å². The lowest BCUT2D eigenvalue weighted by Gasteiger charge is -2.41. The van der Waals surface area contributed by atoms with Crippen molar-refractivity contribution in [2.24, 2.45) is 0 Å². The minimum Gasteiger partial charge on any atom is -0.299 e. The Balaban J connectivity index is 1.45. The number of carbonyl (C=O) groups excluding carboxylic acids is 1. The van der Waals surface area contributed by atoms with E-state index in [1.165, 1.54) is 0 Å². The van der Waals surface area contributed by atoms with Gasteiger partial charge in [-0.1, -0.05) is 48.4 Å². The molecule has 1 saturated carbocycles. The zero-order valence-corrected chi connectivity index (χ0v) is 16.7. The van der Waals surface area contributed by atoms with Gasteiger partial charge in [0.25, 0.3) is 0 Å². The van der Waals surface area contributed by atoms with Gasteiger partial charge >= 0.3 is 0 Å². The molecule has 4 rings (SSSR count). The van der Waals surface area contributed by atoms with Crippen molar-refractivity contribution >= 4 is 17.4 Å². The van der Waals surface area contributed by atoms with E-state index in [4.69, 9.17) is 11.6 Å². The highest BCUT2D eigenvalue weighted by atomic mass is 35.5. The molecular formula is C24H23ClN2O. The van der Waals surface area contributed by atoms with Gasteiger partial charge in [0.1, 0.15) is 10.9 Å². The summed E-state index contributed by atoms with van der Waals surface area (Å²) in [5.74, 6) is 0.258. The fourth-order valence-electron chi connectivity index (χ4n) is 4.04. The van der Waals surface area contributed by atoms with Gasteiger partial charge in [0.05, 0.1) is 0 Å². The predicted octanol–water partition coefficient (Wildman–Crippen LogP) is 5.73. The molecule has 1 aromatic carbocycles. The number of rotatable bonds is 6. The fourth-order valence-corrected chi connectivity index (χ4v) is 4.20. The Morgan fingerprint density at radius 2 is 1.86 bits per heavy atom. The van der Waals surface area contributed by atoms with E-state index in [0.29, 0.717) is 18.0 Å². The Hall–Kier alpha value is -2.52. The molecule has 0 saturated heterocycles. The van der Waals surface area contributed by atoms with Crippen LogP contribution in [0.1, 0.15) is 42.6 Å². The first kappa shape index (κ1) is 18.8. The number of aromatic nitrogens is 2. The van der Waals surface area contributed by atoms with Crippen LogP contribution in [0.4, 0.5) is 0 Å². The van der Waals surface area contributed by atoms with Crippen LogP contribution in [0.25, 0.3) is 11.1 Å². The van der Waals surface area contributed by atoms with Gasteiger partial charge in [-0.25, -0.2) is 4.98 Å². The van der Waals surface area contributed by atoms with Gasteiger partial charge < -0.3 is 0 Å². The molecule has 0 atom stereocenters. The van der Waals surface area contributed by atoms with E-state index in [9.17, 15) is 4.79 Å². The van der Waals surface area contributed by atoms with Crippen molar-refractivity contribution in [3.05, 3.63) is 82.9 Å². The van der Waals surface area contributed by atoms with Crippen molar-refractivity contribution in [2.75, 3.05) is 0 Å². The topological polar surface area (TPSA) is 42.9 Å². The van der Waals surface area contributed by atoms with Crippen LogP contribution in [0.3, 0.4) is 0 Å². The lowest BCUT2D eigenvalue weighted by atomic mass is 9.63. The largest absolute Gasteiger partial charge is 0.299 e. The number of benzene rings is 1. The first-order valence-electron chi connectivity index (χ1n) is 9.71. The average molecular weight is 391 g/mol. The highest BCUT2D eigenvalue weighted by molar-refractivity contribution is 6.29. The van der Waals surface area contributed by atoms with Crippen LogP contribution in [0.2, 0.25) is 5.15 Å². The molecule has 28 heavy (non-hydrogen) atoms. The molecule has 2 heterocycles. The molecule has 0 aliphatic heterocycles. The van der Waals surface area contributed by atoms with Crippen LogP contribution in [0.15, 0.2) is 60.8 Å². The second kappa shape index (κ2) is 7.84. The Labute approximate surface area is 170 Å². The van der Waals surface area contributed by atoms with Gasteiger partial charge in [0, 0.05) is 35.8 Å². The molecule has 0 amide bonds. The molecule has 3 nitrogen and oxygen atoms in total. The van der Waals surface area contributed by atoms with Crippen molar-refractivity contribution in [3.8, 4) is 11.1 Å². The van der Waals surface area contributed by atoms with Crippen LogP contribution in [0, 0.1) is 6.92 Å². The maximum atomic E-state index is 12.8. The second-order valence-electron chi connectivity index (χ2n) is 7.75. The summed E-state index contributed by atoms with van der Waals surface area (Å²) in [6.45, 7) is 1.99. The SMILES string of the molecule is Cc1cc(-c2ccc(CC(=O)CC3(c4cccc(Cl)n4)CCC3)cc2)ccn1. The highest BCUT2D eigenvalue weighted by Crippen LogP contribution is 2.46. The van der Waals surface area contributed by atoms with Crippen LogP contribution in [0.5, 0.6) is 0 Å². The van der Waals surface area contributed by atoms with Gasteiger partial charge in [-0.2, -0.15) is 0 Å². The summed E-state index contributed by atoms with van der Waals surface area (Å²) < 4.78 is 0. The van der Waals surface area contributed by atoms with Gasteiger partial charge in [-0.05, 0) is 60.7 Å². The van der Waals surface area contributed by atoms with E-state index < -0.39 is 0 Å². The molecule has 0 N–H and O–H groups in total. The molecule has 1 fully saturated rings. The molecule has 1 aliphatic carbocycles. The number of carbonyl (C=O) groups is 1. The van der Waals surface area contributed by atoms with Crippen molar-refractivity contribution in [2.45, 2.75) is 44.4 Å². The molecule has 2 aromatic heterocycles. The zero-order valence-electron chi connectivity index (χ0n) is 16.0. The van der Waals surface area contributed by atoms with E-state index in [0.717, 1.165) is 47.3 Å². The fraction of sp³-hybridized carbons (Fsp3) is 0.292. The quantitative estimate of drug-likeness (QED) is 0.505. The minimum atomic E-state index is -0.128. The Kier molecular flexibility index (Phi) is 5.27. The summed E-state index contributed by atoms with van der Waals surface area (Å²) in [7, 11) is 0. The summed E-state index contributed by atoms with van der Waals surface area (Å²) in [6.07, 6.45) is 5.97. The number of pyridine rings is 2. The summed E-state index contributed by atoms with van der Waals surface area (Å²) in [6, 6.07) is 18.0. The third-order valence-corrected chi connectivity index (χ3v) is 5.90. The van der Waals surface area contributed by atoms with Crippen molar-refractivity contribution in [1.82, 2.24) is 9.97 Å². The third-order valence-electron chi connectivity index (χ3n) is 5.69. The van der Waals surface area contributed by atoms with Crippen LogP contribution in [-0.4, -0.2) is 15.8 Å². The normalized spacial score (nSPS) is 15.1. The highest BCUT2D eigenvalue weighted by Gasteiger charge is 2.41. The monoisotopic (exact) mass is 390 g/mol. The molecule has 0 spiro atoms. The Bertz CT molecular complexity index is 993. The summed E-state index contributed by atoms with van der Waals surface area (Å²) >= 11 is 6.07. The molecule has 142 valence electrons. The lowest BCUT2D eigenvalue weighted by Crippen LogP contribution is -2.37. The molecule has 0 unspecified atom stereocenters. The number of halogens is 1.